The molecule has 106 valence electrons. The Labute approximate surface area is 123 Å². The van der Waals surface area contributed by atoms with Crippen molar-refractivity contribution in [2.75, 3.05) is 5.32 Å². The molecule has 2 aromatic rings. The molecule has 0 saturated carbocycles. The van der Waals surface area contributed by atoms with Crippen molar-refractivity contribution < 1.29 is 4.79 Å². The molecular formula is C15H19N3OS. The van der Waals surface area contributed by atoms with E-state index >= 15 is 0 Å². The molecule has 2 heterocycles. The molecule has 0 aromatic carbocycles. The first kappa shape index (κ1) is 14.7. The number of amides is 1. The highest BCUT2D eigenvalue weighted by molar-refractivity contribution is 7.19. The summed E-state index contributed by atoms with van der Waals surface area (Å²) in [5.41, 5.74) is 3.07. The SMILES string of the molecule is CC(=O)Nc1nc(C)c(-c2ccnc(C(C)(C)C)c2)s1. The number of rotatable bonds is 2. The Morgan fingerprint density at radius 1 is 1.35 bits per heavy atom. The van der Waals surface area contributed by atoms with E-state index in [0.29, 0.717) is 5.13 Å². The van der Waals surface area contributed by atoms with Gasteiger partial charge in [-0.2, -0.15) is 0 Å². The zero-order valence-electron chi connectivity index (χ0n) is 12.4. The molecule has 0 saturated heterocycles. The van der Waals surface area contributed by atoms with Crippen molar-refractivity contribution in [3.8, 4) is 10.4 Å². The quantitative estimate of drug-likeness (QED) is 0.915. The molecular weight excluding hydrogens is 270 g/mol. The molecule has 1 amide bonds. The molecule has 2 rings (SSSR count). The summed E-state index contributed by atoms with van der Waals surface area (Å²) in [6.45, 7) is 9.86. The second-order valence-corrected chi connectivity index (χ2v) is 6.79. The van der Waals surface area contributed by atoms with E-state index in [9.17, 15) is 4.79 Å². The number of nitrogens with zero attached hydrogens (tertiary/aromatic N) is 2. The second-order valence-electron chi connectivity index (χ2n) is 5.79. The van der Waals surface area contributed by atoms with Gasteiger partial charge in [0, 0.05) is 24.2 Å². The Bertz CT molecular complexity index is 641. The molecule has 0 bridgehead atoms. The summed E-state index contributed by atoms with van der Waals surface area (Å²) in [5, 5.41) is 3.37. The van der Waals surface area contributed by atoms with E-state index < -0.39 is 0 Å². The van der Waals surface area contributed by atoms with Crippen LogP contribution in [0.3, 0.4) is 0 Å². The molecule has 0 unspecified atom stereocenters. The molecule has 0 aliphatic carbocycles. The van der Waals surface area contributed by atoms with E-state index in [-0.39, 0.29) is 11.3 Å². The maximum Gasteiger partial charge on any atom is 0.223 e. The lowest BCUT2D eigenvalue weighted by molar-refractivity contribution is -0.114. The fourth-order valence-corrected chi connectivity index (χ4v) is 2.86. The standard InChI is InChI=1S/C15H19N3OS/c1-9-13(20-14(17-9)18-10(2)19)11-6-7-16-12(8-11)15(3,4)5/h6-8H,1-5H3,(H,17,18,19). The number of pyridine rings is 1. The van der Waals surface area contributed by atoms with Crippen molar-refractivity contribution in [1.29, 1.82) is 0 Å². The van der Waals surface area contributed by atoms with E-state index in [4.69, 9.17) is 0 Å². The lowest BCUT2D eigenvalue weighted by Crippen LogP contribution is -2.13. The van der Waals surface area contributed by atoms with Crippen molar-refractivity contribution in [1.82, 2.24) is 9.97 Å². The largest absolute Gasteiger partial charge is 0.302 e. The van der Waals surface area contributed by atoms with Gasteiger partial charge in [0.15, 0.2) is 5.13 Å². The first-order chi connectivity index (χ1) is 9.27. The smallest absolute Gasteiger partial charge is 0.223 e. The summed E-state index contributed by atoms with van der Waals surface area (Å²) in [5.74, 6) is -0.101. The third kappa shape index (κ3) is 3.22. The van der Waals surface area contributed by atoms with Gasteiger partial charge in [0.05, 0.1) is 10.6 Å². The minimum atomic E-state index is -0.101. The van der Waals surface area contributed by atoms with Gasteiger partial charge in [0.1, 0.15) is 0 Å². The Hall–Kier alpha value is -1.75. The highest BCUT2D eigenvalue weighted by Crippen LogP contribution is 2.34. The highest BCUT2D eigenvalue weighted by Gasteiger charge is 2.17. The molecule has 20 heavy (non-hydrogen) atoms. The summed E-state index contributed by atoms with van der Waals surface area (Å²) in [6, 6.07) is 4.07. The summed E-state index contributed by atoms with van der Waals surface area (Å²) < 4.78 is 0. The van der Waals surface area contributed by atoms with Gasteiger partial charge >= 0.3 is 0 Å². The van der Waals surface area contributed by atoms with Crippen LogP contribution in [-0.4, -0.2) is 15.9 Å². The number of anilines is 1. The average molecular weight is 289 g/mol. The van der Waals surface area contributed by atoms with Gasteiger partial charge in [-0.05, 0) is 24.6 Å². The van der Waals surface area contributed by atoms with Crippen LogP contribution >= 0.6 is 11.3 Å². The first-order valence-corrected chi connectivity index (χ1v) is 7.31. The third-order valence-electron chi connectivity index (χ3n) is 2.87. The van der Waals surface area contributed by atoms with Crippen LogP contribution in [0, 0.1) is 6.92 Å². The Balaban J connectivity index is 2.41. The molecule has 0 aliphatic heterocycles. The van der Waals surface area contributed by atoms with E-state index in [1.165, 1.54) is 18.3 Å². The van der Waals surface area contributed by atoms with Crippen molar-refractivity contribution >= 4 is 22.4 Å². The lowest BCUT2D eigenvalue weighted by Gasteiger charge is -2.18. The van der Waals surface area contributed by atoms with Crippen LogP contribution in [0.1, 0.15) is 39.1 Å². The van der Waals surface area contributed by atoms with Gasteiger partial charge in [-0.15, -0.1) is 0 Å². The Morgan fingerprint density at radius 3 is 2.65 bits per heavy atom. The number of aryl methyl sites for hydroxylation is 1. The minimum absolute atomic E-state index is 0.00900. The monoisotopic (exact) mass is 289 g/mol. The maximum absolute atomic E-state index is 11.1. The fraction of sp³-hybridized carbons (Fsp3) is 0.400. The van der Waals surface area contributed by atoms with Crippen molar-refractivity contribution in [3.63, 3.8) is 0 Å². The molecule has 0 radical (unpaired) electrons. The lowest BCUT2D eigenvalue weighted by atomic mass is 9.90. The molecule has 1 N–H and O–H groups in total. The number of nitrogens with one attached hydrogen (secondary N) is 1. The first-order valence-electron chi connectivity index (χ1n) is 6.49. The van der Waals surface area contributed by atoms with Crippen molar-refractivity contribution in [2.24, 2.45) is 0 Å². The molecule has 2 aromatic heterocycles. The Kier molecular flexibility index (Phi) is 3.90. The van der Waals surface area contributed by atoms with E-state index in [1.54, 1.807) is 0 Å². The van der Waals surface area contributed by atoms with Gasteiger partial charge in [-0.25, -0.2) is 4.98 Å². The Morgan fingerprint density at radius 2 is 2.05 bits per heavy atom. The molecule has 0 aliphatic rings. The van der Waals surface area contributed by atoms with Crippen molar-refractivity contribution in [2.45, 2.75) is 40.0 Å². The summed E-state index contributed by atoms with van der Waals surface area (Å²) in [7, 11) is 0. The number of thiazole rings is 1. The number of carbonyl (C=O) groups excluding carboxylic acids is 1. The van der Waals surface area contributed by atoms with E-state index in [0.717, 1.165) is 21.8 Å². The minimum Gasteiger partial charge on any atom is -0.302 e. The second kappa shape index (κ2) is 5.32. The van der Waals surface area contributed by atoms with Crippen LogP contribution in [0.4, 0.5) is 5.13 Å². The normalized spacial score (nSPS) is 11.4. The number of hydrogen-bond donors (Lipinski definition) is 1. The van der Waals surface area contributed by atoms with Gasteiger partial charge in [-0.3, -0.25) is 9.78 Å². The van der Waals surface area contributed by atoms with Crippen LogP contribution in [0.2, 0.25) is 0 Å². The van der Waals surface area contributed by atoms with Gasteiger partial charge in [-0.1, -0.05) is 32.1 Å². The van der Waals surface area contributed by atoms with Crippen LogP contribution in [-0.2, 0) is 10.2 Å². The van der Waals surface area contributed by atoms with E-state index in [2.05, 4.69) is 42.1 Å². The van der Waals surface area contributed by atoms with Crippen LogP contribution in [0.15, 0.2) is 18.3 Å². The predicted molar refractivity (Wildman–Crippen MR) is 83.1 cm³/mol. The fourth-order valence-electron chi connectivity index (χ4n) is 1.85. The predicted octanol–water partition coefficient (Wildman–Crippen LogP) is 3.77. The molecule has 0 spiro atoms. The molecule has 4 nitrogen and oxygen atoms in total. The molecule has 0 atom stereocenters. The number of aromatic nitrogens is 2. The van der Waals surface area contributed by atoms with Crippen LogP contribution in [0.25, 0.3) is 10.4 Å². The summed E-state index contributed by atoms with van der Waals surface area (Å²) in [6.07, 6.45) is 1.83. The summed E-state index contributed by atoms with van der Waals surface area (Å²) >= 11 is 1.49. The third-order valence-corrected chi connectivity index (χ3v) is 3.99. The molecule has 5 heteroatoms. The molecule has 0 fully saturated rings. The maximum atomic E-state index is 11.1. The number of carbonyl (C=O) groups is 1. The van der Waals surface area contributed by atoms with Gasteiger partial charge < -0.3 is 5.32 Å². The average Bonchev–Trinajstić information content (AvgIpc) is 2.68. The van der Waals surface area contributed by atoms with Gasteiger partial charge in [0.25, 0.3) is 0 Å². The van der Waals surface area contributed by atoms with Gasteiger partial charge in [0.2, 0.25) is 5.91 Å². The highest BCUT2D eigenvalue weighted by atomic mass is 32.1. The van der Waals surface area contributed by atoms with Crippen LogP contribution in [0.5, 0.6) is 0 Å². The number of hydrogen-bond acceptors (Lipinski definition) is 4. The zero-order valence-corrected chi connectivity index (χ0v) is 13.3. The van der Waals surface area contributed by atoms with Crippen LogP contribution < -0.4 is 5.32 Å². The van der Waals surface area contributed by atoms with Crippen molar-refractivity contribution in [3.05, 3.63) is 29.7 Å². The topological polar surface area (TPSA) is 54.9 Å². The van der Waals surface area contributed by atoms with E-state index in [1.807, 2.05) is 19.2 Å². The zero-order chi connectivity index (χ0) is 14.9. The summed E-state index contributed by atoms with van der Waals surface area (Å²) in [4.78, 5) is 21.0.